The van der Waals surface area contributed by atoms with Gasteiger partial charge in [-0.1, -0.05) is 61.6 Å². The van der Waals surface area contributed by atoms with Crippen molar-refractivity contribution < 1.29 is 9.53 Å². The average molecular weight is 367 g/mol. The van der Waals surface area contributed by atoms with Crippen LogP contribution in [0.4, 0.5) is 0 Å². The topological polar surface area (TPSA) is 26.3 Å². The molecule has 5 heteroatoms. The predicted molar refractivity (Wildman–Crippen MR) is 59.9 cm³/mol. The summed E-state index contributed by atoms with van der Waals surface area (Å²) in [6.45, 7) is 5.35. The highest BCUT2D eigenvalue weighted by Crippen LogP contribution is 2.41. The number of hydrogen-bond donors (Lipinski definition) is 0. The number of hydrogen-bond acceptors (Lipinski definition) is 2. The quantitative estimate of drug-likeness (QED) is 0.553. The van der Waals surface area contributed by atoms with E-state index in [1.165, 1.54) is 6.92 Å². The molecule has 0 aliphatic heterocycles. The highest BCUT2D eigenvalue weighted by Gasteiger charge is 2.35. The molecule has 0 aliphatic carbocycles. The van der Waals surface area contributed by atoms with Crippen molar-refractivity contribution in [2.24, 2.45) is 5.92 Å². The minimum absolute atomic E-state index is 0.229. The summed E-state index contributed by atoms with van der Waals surface area (Å²) in [4.78, 5) is 10.7. The van der Waals surface area contributed by atoms with Gasteiger partial charge in [0.05, 0.1) is 0 Å². The van der Waals surface area contributed by atoms with Crippen LogP contribution < -0.4 is 0 Å². The Hall–Kier alpha value is 0.910. The molecule has 72 valence electrons. The molecule has 0 heterocycles. The zero-order valence-corrected chi connectivity index (χ0v) is 11.9. The molecule has 1 unspecified atom stereocenters. The minimum Gasteiger partial charge on any atom is -0.459 e. The second-order valence-electron chi connectivity index (χ2n) is 2.82. The van der Waals surface area contributed by atoms with Gasteiger partial charge in [0.2, 0.25) is 0 Å². The van der Waals surface area contributed by atoms with Crippen LogP contribution in [-0.2, 0) is 9.53 Å². The lowest BCUT2D eigenvalue weighted by Crippen LogP contribution is -2.34. The Morgan fingerprint density at radius 3 is 1.83 bits per heavy atom. The molecule has 0 saturated heterocycles. The van der Waals surface area contributed by atoms with Crippen LogP contribution in [0, 0.1) is 5.92 Å². The van der Waals surface area contributed by atoms with Gasteiger partial charge in [0.15, 0.2) is 2.14 Å². The van der Waals surface area contributed by atoms with Crippen LogP contribution in [0.25, 0.3) is 0 Å². The molecule has 0 radical (unpaired) electrons. The van der Waals surface area contributed by atoms with Gasteiger partial charge in [-0.25, -0.2) is 0 Å². The standard InChI is InChI=1S/C7H11Br3O2/c1-4(2)6(7(8,9)10)12-5(3)11/h4,6H,1-3H3. The maximum atomic E-state index is 10.7. The SMILES string of the molecule is CC(=O)OC(C(C)C)C(Br)(Br)Br. The highest BCUT2D eigenvalue weighted by atomic mass is 80.0. The van der Waals surface area contributed by atoms with Gasteiger partial charge < -0.3 is 4.74 Å². The van der Waals surface area contributed by atoms with Gasteiger partial charge in [0.1, 0.15) is 6.10 Å². The fraction of sp³-hybridized carbons (Fsp3) is 0.857. The van der Waals surface area contributed by atoms with Crippen LogP contribution in [0.15, 0.2) is 0 Å². The minimum atomic E-state index is -0.535. The van der Waals surface area contributed by atoms with Crippen LogP contribution in [0.2, 0.25) is 0 Å². The first kappa shape index (κ1) is 12.9. The predicted octanol–water partition coefficient (Wildman–Crippen LogP) is 3.41. The van der Waals surface area contributed by atoms with Crippen molar-refractivity contribution in [2.45, 2.75) is 29.0 Å². The lowest BCUT2D eigenvalue weighted by atomic mass is 10.1. The Bertz CT molecular complexity index is 163. The molecular weight excluding hydrogens is 356 g/mol. The summed E-state index contributed by atoms with van der Waals surface area (Å²) in [6.07, 6.45) is -0.241. The van der Waals surface area contributed by atoms with Crippen molar-refractivity contribution in [3.8, 4) is 0 Å². The van der Waals surface area contributed by atoms with Crippen molar-refractivity contribution in [3.63, 3.8) is 0 Å². The van der Waals surface area contributed by atoms with Crippen LogP contribution in [0.5, 0.6) is 0 Å². The lowest BCUT2D eigenvalue weighted by Gasteiger charge is -2.28. The van der Waals surface area contributed by atoms with E-state index in [0.29, 0.717) is 0 Å². The summed E-state index contributed by atoms with van der Waals surface area (Å²) in [5.74, 6) is -0.0524. The van der Waals surface area contributed by atoms with Crippen LogP contribution in [0.1, 0.15) is 20.8 Å². The zero-order valence-electron chi connectivity index (χ0n) is 7.11. The molecule has 0 saturated carbocycles. The fourth-order valence-electron chi connectivity index (χ4n) is 0.760. The Balaban J connectivity index is 4.35. The van der Waals surface area contributed by atoms with E-state index in [4.69, 9.17) is 4.74 Å². The molecule has 0 amide bonds. The summed E-state index contributed by atoms with van der Waals surface area (Å²) in [5.41, 5.74) is 0. The maximum Gasteiger partial charge on any atom is 0.303 e. The van der Waals surface area contributed by atoms with E-state index < -0.39 is 2.14 Å². The lowest BCUT2D eigenvalue weighted by molar-refractivity contribution is -0.147. The van der Waals surface area contributed by atoms with E-state index in [-0.39, 0.29) is 18.0 Å². The van der Waals surface area contributed by atoms with Crippen LogP contribution in [-0.4, -0.2) is 14.2 Å². The molecule has 1 atom stereocenters. The van der Waals surface area contributed by atoms with Gasteiger partial charge in [0.25, 0.3) is 0 Å². The van der Waals surface area contributed by atoms with E-state index in [2.05, 4.69) is 47.8 Å². The third-order valence-electron chi connectivity index (χ3n) is 1.22. The van der Waals surface area contributed by atoms with E-state index in [0.717, 1.165) is 0 Å². The van der Waals surface area contributed by atoms with Gasteiger partial charge in [-0.3, -0.25) is 4.79 Å². The first-order valence-corrected chi connectivity index (χ1v) is 5.87. The van der Waals surface area contributed by atoms with E-state index >= 15 is 0 Å². The van der Waals surface area contributed by atoms with Gasteiger partial charge in [-0.15, -0.1) is 0 Å². The third-order valence-corrected chi connectivity index (χ3v) is 2.57. The van der Waals surface area contributed by atoms with Crippen LogP contribution in [0.3, 0.4) is 0 Å². The van der Waals surface area contributed by atoms with Gasteiger partial charge >= 0.3 is 5.97 Å². The molecule has 2 nitrogen and oxygen atoms in total. The van der Waals surface area contributed by atoms with E-state index in [9.17, 15) is 4.79 Å². The number of carbonyl (C=O) groups is 1. The smallest absolute Gasteiger partial charge is 0.303 e. The Kier molecular flexibility index (Phi) is 5.33. The van der Waals surface area contributed by atoms with E-state index in [1.54, 1.807) is 0 Å². The number of halogens is 3. The van der Waals surface area contributed by atoms with Crippen molar-refractivity contribution in [1.29, 1.82) is 0 Å². The fourth-order valence-corrected chi connectivity index (χ4v) is 2.63. The Morgan fingerprint density at radius 1 is 1.33 bits per heavy atom. The molecule has 0 fully saturated rings. The molecule has 0 aromatic rings. The Labute approximate surface area is 97.8 Å². The van der Waals surface area contributed by atoms with Crippen molar-refractivity contribution in [2.75, 3.05) is 0 Å². The summed E-state index contributed by atoms with van der Waals surface area (Å²) >= 11 is 9.99. The summed E-state index contributed by atoms with van der Waals surface area (Å²) in [5, 5.41) is 0. The molecular formula is C7H11Br3O2. The molecule has 0 bridgehead atoms. The third kappa shape index (κ3) is 4.82. The molecule has 0 N–H and O–H groups in total. The number of carbonyl (C=O) groups excluding carboxylic acids is 1. The monoisotopic (exact) mass is 364 g/mol. The first-order chi connectivity index (χ1) is 5.25. The van der Waals surface area contributed by atoms with Gasteiger partial charge in [-0.05, 0) is 5.92 Å². The van der Waals surface area contributed by atoms with Crippen molar-refractivity contribution in [3.05, 3.63) is 0 Å². The van der Waals surface area contributed by atoms with E-state index in [1.807, 2.05) is 13.8 Å². The van der Waals surface area contributed by atoms with Crippen molar-refractivity contribution >= 4 is 53.8 Å². The van der Waals surface area contributed by atoms with Crippen LogP contribution >= 0.6 is 47.8 Å². The zero-order chi connectivity index (χ0) is 9.94. The van der Waals surface area contributed by atoms with Gasteiger partial charge in [-0.2, -0.15) is 0 Å². The summed E-state index contributed by atoms with van der Waals surface area (Å²) in [6, 6.07) is 0. The molecule has 12 heavy (non-hydrogen) atoms. The average Bonchev–Trinajstić information content (AvgIpc) is 1.79. The largest absolute Gasteiger partial charge is 0.459 e. The molecule has 0 aliphatic rings. The molecule has 0 aromatic heterocycles. The summed E-state index contributed by atoms with van der Waals surface area (Å²) in [7, 11) is 0. The summed E-state index contributed by atoms with van der Waals surface area (Å²) < 4.78 is 4.56. The molecule has 0 rings (SSSR count). The normalized spacial score (nSPS) is 14.6. The van der Waals surface area contributed by atoms with Crippen molar-refractivity contribution in [1.82, 2.24) is 0 Å². The Morgan fingerprint density at radius 2 is 1.75 bits per heavy atom. The number of esters is 1. The molecule has 0 aromatic carbocycles. The van der Waals surface area contributed by atoms with Gasteiger partial charge in [0, 0.05) is 6.92 Å². The molecule has 0 spiro atoms. The number of alkyl halides is 3. The maximum absolute atomic E-state index is 10.7. The second-order valence-corrected chi connectivity index (χ2v) is 9.76. The number of ether oxygens (including phenoxy) is 1. The first-order valence-electron chi connectivity index (χ1n) is 3.49. The second kappa shape index (κ2) is 4.96. The number of rotatable bonds is 2. The highest BCUT2D eigenvalue weighted by molar-refractivity contribution is 9.39.